The molecule has 1 saturated heterocycles. The van der Waals surface area contributed by atoms with E-state index in [4.69, 9.17) is 4.98 Å². The summed E-state index contributed by atoms with van der Waals surface area (Å²) in [5, 5.41) is 8.32. The van der Waals surface area contributed by atoms with Crippen molar-refractivity contribution >= 4 is 56.5 Å². The molecule has 10 heteroatoms. The van der Waals surface area contributed by atoms with Crippen molar-refractivity contribution in [2.24, 2.45) is 5.92 Å². The summed E-state index contributed by atoms with van der Waals surface area (Å²) >= 11 is 4.98. The molecule has 3 heterocycles. The Balaban J connectivity index is 1.13. The van der Waals surface area contributed by atoms with E-state index in [1.807, 2.05) is 53.6 Å². The quantitative estimate of drug-likeness (QED) is 0.417. The molecule has 5 rings (SSSR count). The number of piperazine rings is 1. The van der Waals surface area contributed by atoms with Gasteiger partial charge in [0.2, 0.25) is 17.8 Å². The number of anilines is 3. The highest BCUT2D eigenvalue weighted by Crippen LogP contribution is 2.31. The van der Waals surface area contributed by atoms with Crippen LogP contribution in [0.25, 0.3) is 0 Å². The molecular formula is C26H29BrN6O2S. The van der Waals surface area contributed by atoms with E-state index in [1.54, 1.807) is 11.3 Å². The molecule has 1 saturated carbocycles. The van der Waals surface area contributed by atoms with E-state index in [0.717, 1.165) is 71.1 Å². The van der Waals surface area contributed by atoms with Crippen molar-refractivity contribution in [3.63, 3.8) is 0 Å². The minimum absolute atomic E-state index is 0.0306. The lowest BCUT2D eigenvalue weighted by Crippen LogP contribution is -2.49. The van der Waals surface area contributed by atoms with Crippen LogP contribution < -0.4 is 15.5 Å². The number of rotatable bonds is 8. The van der Waals surface area contributed by atoms with Gasteiger partial charge >= 0.3 is 0 Å². The molecule has 2 N–H and O–H groups in total. The Morgan fingerprint density at radius 3 is 2.50 bits per heavy atom. The first-order chi connectivity index (χ1) is 17.4. The first kappa shape index (κ1) is 24.7. The van der Waals surface area contributed by atoms with Gasteiger partial charge in [-0.25, -0.2) is 4.98 Å². The molecule has 0 bridgehead atoms. The van der Waals surface area contributed by atoms with Crippen molar-refractivity contribution in [2.45, 2.75) is 32.7 Å². The van der Waals surface area contributed by atoms with Gasteiger partial charge in [0.1, 0.15) is 5.82 Å². The van der Waals surface area contributed by atoms with Crippen LogP contribution in [0, 0.1) is 12.8 Å². The molecule has 8 nitrogen and oxygen atoms in total. The van der Waals surface area contributed by atoms with Crippen LogP contribution in [-0.2, 0) is 22.6 Å². The maximum atomic E-state index is 12.3. The molecule has 0 unspecified atom stereocenters. The van der Waals surface area contributed by atoms with Gasteiger partial charge in [-0.05, 0) is 59.5 Å². The fraction of sp³-hybridized carbons (Fsp3) is 0.385. The smallest absolute Gasteiger partial charge is 0.229 e. The molecule has 0 spiro atoms. The van der Waals surface area contributed by atoms with Gasteiger partial charge in [0, 0.05) is 70.8 Å². The number of nitrogens with zero attached hydrogens (tertiary/aromatic N) is 4. The normalized spacial score (nSPS) is 15.6. The number of amides is 2. The Labute approximate surface area is 223 Å². The molecule has 1 aliphatic heterocycles. The first-order valence-electron chi connectivity index (χ1n) is 12.2. The highest BCUT2D eigenvalue weighted by Gasteiger charge is 2.34. The summed E-state index contributed by atoms with van der Waals surface area (Å²) in [6.07, 6.45) is 2.45. The third-order valence-electron chi connectivity index (χ3n) is 6.31. The van der Waals surface area contributed by atoms with Crippen LogP contribution in [0.5, 0.6) is 0 Å². The number of hydrogen-bond donors (Lipinski definition) is 2. The van der Waals surface area contributed by atoms with E-state index in [-0.39, 0.29) is 11.8 Å². The summed E-state index contributed by atoms with van der Waals surface area (Å²) in [5.74, 6) is 2.02. The summed E-state index contributed by atoms with van der Waals surface area (Å²) in [6, 6.07) is 11.7. The first-order valence-corrected chi connectivity index (χ1v) is 13.9. The van der Waals surface area contributed by atoms with Crippen molar-refractivity contribution in [2.75, 3.05) is 41.7 Å². The zero-order valence-electron chi connectivity index (χ0n) is 20.2. The van der Waals surface area contributed by atoms with Crippen LogP contribution in [0.3, 0.4) is 0 Å². The number of nitrogens with one attached hydrogen (secondary N) is 2. The Morgan fingerprint density at radius 1 is 1.08 bits per heavy atom. The summed E-state index contributed by atoms with van der Waals surface area (Å²) in [7, 11) is 0. The van der Waals surface area contributed by atoms with E-state index in [0.29, 0.717) is 24.8 Å². The Kier molecular flexibility index (Phi) is 7.52. The average molecular weight is 570 g/mol. The average Bonchev–Trinajstić information content (AvgIpc) is 3.65. The highest BCUT2D eigenvalue weighted by atomic mass is 79.9. The topological polar surface area (TPSA) is 90.5 Å². The van der Waals surface area contributed by atoms with Crippen LogP contribution in [0.1, 0.15) is 29.0 Å². The molecular weight excluding hydrogens is 540 g/mol. The van der Waals surface area contributed by atoms with Crippen molar-refractivity contribution < 1.29 is 9.59 Å². The SMILES string of the molecule is Cc1cc(NCc2ccc(NC(=O)Cc3cc(Br)cs3)cc2)nc(N2CCN(C(=O)C3CC3)CC2)n1. The van der Waals surface area contributed by atoms with Crippen LogP contribution in [0.4, 0.5) is 17.5 Å². The lowest BCUT2D eigenvalue weighted by atomic mass is 10.2. The summed E-state index contributed by atoms with van der Waals surface area (Å²) in [6.45, 7) is 5.52. The fourth-order valence-electron chi connectivity index (χ4n) is 4.21. The fourth-order valence-corrected chi connectivity index (χ4v) is 5.66. The summed E-state index contributed by atoms with van der Waals surface area (Å²) < 4.78 is 1.00. The molecule has 1 aliphatic carbocycles. The molecule has 36 heavy (non-hydrogen) atoms. The van der Waals surface area contributed by atoms with Gasteiger partial charge in [-0.3, -0.25) is 9.59 Å². The molecule has 188 valence electrons. The van der Waals surface area contributed by atoms with Gasteiger partial charge in [-0.2, -0.15) is 4.98 Å². The molecule has 3 aromatic rings. The molecule has 2 aliphatic rings. The van der Waals surface area contributed by atoms with E-state index < -0.39 is 0 Å². The predicted molar refractivity (Wildman–Crippen MR) is 146 cm³/mol. The van der Waals surface area contributed by atoms with Gasteiger partial charge in [-0.15, -0.1) is 11.3 Å². The minimum atomic E-state index is -0.0306. The molecule has 2 fully saturated rings. The van der Waals surface area contributed by atoms with Gasteiger partial charge < -0.3 is 20.4 Å². The van der Waals surface area contributed by atoms with Crippen molar-refractivity contribution in [3.8, 4) is 0 Å². The monoisotopic (exact) mass is 568 g/mol. The Morgan fingerprint density at radius 2 is 1.83 bits per heavy atom. The van der Waals surface area contributed by atoms with Gasteiger partial charge in [0.25, 0.3) is 0 Å². The second kappa shape index (κ2) is 11.0. The summed E-state index contributed by atoms with van der Waals surface area (Å²) in [4.78, 5) is 39.1. The maximum absolute atomic E-state index is 12.3. The molecule has 2 aromatic heterocycles. The number of carbonyl (C=O) groups is 2. The third kappa shape index (κ3) is 6.41. The zero-order chi connectivity index (χ0) is 25.1. The molecule has 0 radical (unpaired) electrons. The molecule has 1 aromatic carbocycles. The van der Waals surface area contributed by atoms with Crippen LogP contribution in [-0.4, -0.2) is 52.9 Å². The summed E-state index contributed by atoms with van der Waals surface area (Å²) in [5.41, 5.74) is 2.76. The number of thiophene rings is 1. The number of halogens is 1. The standard InChI is InChI=1S/C26H29BrN6O2S/c1-17-12-23(31-26(29-17)33-10-8-32(9-11-33)25(35)19-4-5-19)28-15-18-2-6-21(7-3-18)30-24(34)14-22-13-20(27)16-36-22/h2-3,6-7,12-13,16,19H,4-5,8-11,14-15H2,1H3,(H,30,34)(H,28,29,31). The van der Waals surface area contributed by atoms with Crippen molar-refractivity contribution in [1.82, 2.24) is 14.9 Å². The van der Waals surface area contributed by atoms with E-state index >= 15 is 0 Å². The number of benzene rings is 1. The molecule has 2 amide bonds. The predicted octanol–water partition coefficient (Wildman–Crippen LogP) is 4.46. The largest absolute Gasteiger partial charge is 0.366 e. The van der Waals surface area contributed by atoms with Crippen molar-refractivity contribution in [1.29, 1.82) is 0 Å². The van der Waals surface area contributed by atoms with Crippen LogP contribution in [0.2, 0.25) is 0 Å². The Hall–Kier alpha value is -2.98. The maximum Gasteiger partial charge on any atom is 0.229 e. The minimum Gasteiger partial charge on any atom is -0.366 e. The third-order valence-corrected chi connectivity index (χ3v) is 8.01. The van der Waals surface area contributed by atoms with Crippen LogP contribution in [0.15, 0.2) is 46.3 Å². The van der Waals surface area contributed by atoms with Crippen LogP contribution >= 0.6 is 27.3 Å². The number of aromatic nitrogens is 2. The van der Waals surface area contributed by atoms with Gasteiger partial charge in [0.15, 0.2) is 0 Å². The van der Waals surface area contributed by atoms with E-state index in [9.17, 15) is 9.59 Å². The second-order valence-corrected chi connectivity index (χ2v) is 11.2. The molecule has 0 atom stereocenters. The zero-order valence-corrected chi connectivity index (χ0v) is 22.6. The van der Waals surface area contributed by atoms with Gasteiger partial charge in [0.05, 0.1) is 6.42 Å². The highest BCUT2D eigenvalue weighted by molar-refractivity contribution is 9.10. The lowest BCUT2D eigenvalue weighted by Gasteiger charge is -2.35. The van der Waals surface area contributed by atoms with Crippen molar-refractivity contribution in [3.05, 3.63) is 62.4 Å². The number of carbonyl (C=O) groups excluding carboxylic acids is 2. The van der Waals surface area contributed by atoms with E-state index in [1.165, 1.54) is 0 Å². The van der Waals surface area contributed by atoms with E-state index in [2.05, 4.69) is 36.4 Å². The Bertz CT molecular complexity index is 1240. The number of hydrogen-bond acceptors (Lipinski definition) is 7. The second-order valence-electron chi connectivity index (χ2n) is 9.29. The number of aryl methyl sites for hydroxylation is 1. The van der Waals surface area contributed by atoms with Gasteiger partial charge in [-0.1, -0.05) is 12.1 Å². The lowest BCUT2D eigenvalue weighted by molar-refractivity contribution is -0.132.